The maximum atomic E-state index is 11.5. The number of carbonyl (C=O) groups is 2. The summed E-state index contributed by atoms with van der Waals surface area (Å²) >= 11 is 0. The molecule has 0 spiro atoms. The fourth-order valence-electron chi connectivity index (χ4n) is 5.42. The highest BCUT2D eigenvalue weighted by Crippen LogP contribution is 2.41. The van der Waals surface area contributed by atoms with Gasteiger partial charge in [-0.1, -0.05) is 52.0 Å². The number of rotatable bonds is 12. The van der Waals surface area contributed by atoms with Gasteiger partial charge in [0.25, 0.3) is 0 Å². The van der Waals surface area contributed by atoms with Crippen molar-refractivity contribution in [3.63, 3.8) is 0 Å². The quantitative estimate of drug-likeness (QED) is 0.222. The van der Waals surface area contributed by atoms with E-state index in [1.165, 1.54) is 0 Å². The lowest BCUT2D eigenvalue weighted by molar-refractivity contribution is -0.148. The van der Waals surface area contributed by atoms with Crippen LogP contribution in [0.15, 0.2) is 46.6 Å². The van der Waals surface area contributed by atoms with Crippen molar-refractivity contribution in [3.05, 3.63) is 46.6 Å². The molecule has 2 atom stereocenters. The summed E-state index contributed by atoms with van der Waals surface area (Å²) in [6.07, 6.45) is 10.9. The zero-order valence-corrected chi connectivity index (χ0v) is 24.0. The maximum Gasteiger partial charge on any atom is 0.309 e. The van der Waals surface area contributed by atoms with Crippen LogP contribution in [-0.2, 0) is 9.59 Å². The largest absolute Gasteiger partial charge is 0.481 e. The Hall–Kier alpha value is -2.18. The normalized spacial score (nSPS) is 23.5. The fraction of sp³-hybridized carbons (Fsp3) is 0.677. The van der Waals surface area contributed by atoms with E-state index >= 15 is 0 Å². The Morgan fingerprint density at radius 3 is 1.27 bits per heavy atom. The van der Waals surface area contributed by atoms with Gasteiger partial charge in [0.15, 0.2) is 0 Å². The zero-order valence-electron chi connectivity index (χ0n) is 24.0. The Balaban J connectivity index is 2.14. The Kier molecular flexibility index (Phi) is 9.47. The number of carboxylic acid groups (broad SMARTS) is 2. The monoisotopic (exact) mass is 516 g/mol. The van der Waals surface area contributed by atoms with Crippen LogP contribution in [0.25, 0.3) is 0 Å². The second-order valence-corrected chi connectivity index (χ2v) is 13.6. The highest BCUT2D eigenvalue weighted by Gasteiger charge is 2.33. The molecule has 0 radical (unpaired) electrons. The molecule has 0 fully saturated rings. The Morgan fingerprint density at radius 2 is 0.973 bits per heavy atom. The van der Waals surface area contributed by atoms with E-state index in [2.05, 4.69) is 52.0 Å². The van der Waals surface area contributed by atoms with Crippen LogP contribution in [0.1, 0.15) is 100 Å². The summed E-state index contributed by atoms with van der Waals surface area (Å²) in [7, 11) is 0. The average Bonchev–Trinajstić information content (AvgIpc) is 2.73. The number of hydrogen-bond donors (Lipinski definition) is 4. The molecule has 0 saturated heterocycles. The van der Waals surface area contributed by atoms with Crippen LogP contribution in [0.3, 0.4) is 0 Å². The van der Waals surface area contributed by atoms with Crippen LogP contribution in [0.5, 0.6) is 0 Å². The van der Waals surface area contributed by atoms with E-state index in [-0.39, 0.29) is 10.8 Å². The second kappa shape index (κ2) is 11.3. The molecule has 0 aromatic carbocycles. The van der Waals surface area contributed by atoms with Crippen molar-refractivity contribution >= 4 is 11.9 Å². The minimum absolute atomic E-state index is 0.261. The second-order valence-electron chi connectivity index (χ2n) is 13.6. The molecule has 208 valence electrons. The van der Waals surface area contributed by atoms with E-state index in [1.54, 1.807) is 27.7 Å². The molecule has 0 aliphatic heterocycles. The third-order valence-corrected chi connectivity index (χ3v) is 7.74. The Bertz CT molecular complexity index is 923. The summed E-state index contributed by atoms with van der Waals surface area (Å²) in [4.78, 5) is 22.9. The third kappa shape index (κ3) is 8.41. The molecule has 0 amide bonds. The lowest BCUT2D eigenvalue weighted by Crippen LogP contribution is -2.29. The minimum atomic E-state index is -0.817. The van der Waals surface area contributed by atoms with Crippen molar-refractivity contribution in [3.8, 4) is 0 Å². The predicted molar refractivity (Wildman–Crippen MR) is 147 cm³/mol. The minimum Gasteiger partial charge on any atom is -0.481 e. The standard InChI is InChI=1S/C31H48O6/c1-28(2)16-20(11-9-13-30(5,6)26(34)35)24(32)22(18-28)15-23-19-29(3,4)17-21(25(23)33)12-10-14-31(7,8)27(36)37/h16-19,24-25,32-33H,9-15H2,1-8H3,(H,34,35)(H,36,37). The number of aliphatic hydroxyl groups is 2. The molecule has 0 aromatic rings. The van der Waals surface area contributed by atoms with Crippen molar-refractivity contribution in [1.82, 2.24) is 0 Å². The van der Waals surface area contributed by atoms with E-state index < -0.39 is 35.0 Å². The molecule has 2 aliphatic rings. The van der Waals surface area contributed by atoms with Crippen LogP contribution in [-0.4, -0.2) is 44.6 Å². The number of hydrogen-bond acceptors (Lipinski definition) is 4. The van der Waals surface area contributed by atoms with Gasteiger partial charge in [-0.3, -0.25) is 9.59 Å². The van der Waals surface area contributed by atoms with Crippen LogP contribution >= 0.6 is 0 Å². The molecule has 2 aliphatic carbocycles. The molecule has 0 heterocycles. The summed E-state index contributed by atoms with van der Waals surface area (Å²) in [5, 5.41) is 41.3. The number of allylic oxidation sites excluding steroid dienone is 4. The smallest absolute Gasteiger partial charge is 0.309 e. The van der Waals surface area contributed by atoms with Gasteiger partial charge in [-0.15, -0.1) is 0 Å². The van der Waals surface area contributed by atoms with E-state index in [1.807, 2.05) is 0 Å². The highest BCUT2D eigenvalue weighted by atomic mass is 16.4. The molecular weight excluding hydrogens is 468 g/mol. The van der Waals surface area contributed by atoms with Gasteiger partial charge in [0, 0.05) is 10.8 Å². The van der Waals surface area contributed by atoms with Gasteiger partial charge in [-0.05, 0) is 94.9 Å². The fourth-order valence-corrected chi connectivity index (χ4v) is 5.42. The van der Waals surface area contributed by atoms with E-state index in [0.29, 0.717) is 44.9 Å². The van der Waals surface area contributed by atoms with E-state index in [9.17, 15) is 30.0 Å². The van der Waals surface area contributed by atoms with Crippen LogP contribution < -0.4 is 0 Å². The molecule has 0 bridgehead atoms. The first-order valence-corrected chi connectivity index (χ1v) is 13.5. The molecule has 6 nitrogen and oxygen atoms in total. The summed E-state index contributed by atoms with van der Waals surface area (Å²) < 4.78 is 0. The molecule has 0 saturated carbocycles. The van der Waals surface area contributed by atoms with Gasteiger partial charge < -0.3 is 20.4 Å². The molecular formula is C31H48O6. The highest BCUT2D eigenvalue weighted by molar-refractivity contribution is 5.73. The van der Waals surface area contributed by atoms with Crippen molar-refractivity contribution < 1.29 is 30.0 Å². The van der Waals surface area contributed by atoms with Crippen LogP contribution in [0, 0.1) is 21.7 Å². The van der Waals surface area contributed by atoms with Gasteiger partial charge in [-0.25, -0.2) is 0 Å². The summed E-state index contributed by atoms with van der Waals surface area (Å²) in [6.45, 7) is 15.3. The van der Waals surface area contributed by atoms with Crippen LogP contribution in [0.4, 0.5) is 0 Å². The lowest BCUT2D eigenvalue weighted by Gasteiger charge is -2.35. The zero-order chi connectivity index (χ0) is 28.4. The van der Waals surface area contributed by atoms with E-state index in [0.717, 1.165) is 22.3 Å². The first kappa shape index (κ1) is 31.0. The topological polar surface area (TPSA) is 115 Å². The first-order valence-electron chi connectivity index (χ1n) is 13.5. The van der Waals surface area contributed by atoms with Gasteiger partial charge in [0.05, 0.1) is 23.0 Å². The van der Waals surface area contributed by atoms with E-state index in [4.69, 9.17) is 0 Å². The summed E-state index contributed by atoms with van der Waals surface area (Å²) in [5.41, 5.74) is 1.38. The molecule has 2 unspecified atom stereocenters. The third-order valence-electron chi connectivity index (χ3n) is 7.74. The summed E-state index contributed by atoms with van der Waals surface area (Å²) in [5.74, 6) is -1.63. The van der Waals surface area contributed by atoms with Gasteiger partial charge >= 0.3 is 11.9 Å². The van der Waals surface area contributed by atoms with Gasteiger partial charge in [0.1, 0.15) is 0 Å². The molecule has 6 heteroatoms. The average molecular weight is 517 g/mol. The van der Waals surface area contributed by atoms with Crippen molar-refractivity contribution in [2.45, 2.75) is 113 Å². The van der Waals surface area contributed by atoms with Gasteiger partial charge in [0.2, 0.25) is 0 Å². The van der Waals surface area contributed by atoms with Crippen molar-refractivity contribution in [2.24, 2.45) is 21.7 Å². The van der Waals surface area contributed by atoms with Gasteiger partial charge in [-0.2, -0.15) is 0 Å². The molecule has 2 rings (SSSR count). The molecule has 0 aromatic heterocycles. The Labute approximate surface area is 222 Å². The number of aliphatic hydroxyl groups excluding tert-OH is 2. The first-order chi connectivity index (χ1) is 16.8. The molecule has 4 N–H and O–H groups in total. The van der Waals surface area contributed by atoms with Crippen molar-refractivity contribution in [1.29, 1.82) is 0 Å². The maximum absolute atomic E-state index is 11.5. The Morgan fingerprint density at radius 1 is 0.676 bits per heavy atom. The SMILES string of the molecule is CC1(C)C=C(CCCC(C)(C)C(=O)O)C(O)C(CC2=CC(C)(C)C=C(CCCC(C)(C)C(=O)O)C2O)=C1. The molecule has 37 heavy (non-hydrogen) atoms. The number of aliphatic carboxylic acids is 2. The van der Waals surface area contributed by atoms with Crippen molar-refractivity contribution in [2.75, 3.05) is 0 Å². The predicted octanol–water partition coefficient (Wildman–Crippen LogP) is 6.45. The van der Waals surface area contributed by atoms with Crippen LogP contribution in [0.2, 0.25) is 0 Å². The number of carboxylic acids is 2. The summed E-state index contributed by atoms with van der Waals surface area (Å²) in [6, 6.07) is 0. The lowest BCUT2D eigenvalue weighted by atomic mass is 9.73.